The maximum Gasteiger partial charge on any atom is 0.573 e. The summed E-state index contributed by atoms with van der Waals surface area (Å²) in [6.07, 6.45) is -4.46. The number of hydrogen-bond acceptors (Lipinski definition) is 3. The van der Waals surface area contributed by atoms with Crippen LogP contribution in [0.15, 0.2) is 24.3 Å². The molecule has 0 bridgehead atoms. The number of nitrogens with zero attached hydrogens (tertiary/aromatic N) is 1. The molecule has 0 radical (unpaired) electrons. The highest BCUT2D eigenvalue weighted by molar-refractivity contribution is 5.94. The molecule has 0 spiro atoms. The van der Waals surface area contributed by atoms with Crippen molar-refractivity contribution in [3.05, 3.63) is 29.8 Å². The molecular formula is C14H14F3NO3. The van der Waals surface area contributed by atoms with E-state index in [0.29, 0.717) is 25.4 Å². The minimum Gasteiger partial charge on any atom is -0.406 e. The van der Waals surface area contributed by atoms with E-state index < -0.39 is 12.1 Å². The van der Waals surface area contributed by atoms with Crippen molar-refractivity contribution in [3.63, 3.8) is 0 Å². The topological polar surface area (TPSA) is 49.8 Å². The van der Waals surface area contributed by atoms with Gasteiger partial charge in [0.1, 0.15) is 5.75 Å². The number of amides is 1. The van der Waals surface area contributed by atoms with Crippen molar-refractivity contribution in [2.75, 3.05) is 13.1 Å². The van der Waals surface area contributed by atoms with Crippen LogP contribution in [0.2, 0.25) is 0 Å². The normalized spacial score (nSPS) is 28.0. The quantitative estimate of drug-likeness (QED) is 0.909. The van der Waals surface area contributed by atoms with E-state index in [9.17, 15) is 23.1 Å². The van der Waals surface area contributed by atoms with Crippen molar-refractivity contribution in [2.24, 2.45) is 11.8 Å². The predicted octanol–water partition coefficient (Wildman–Crippen LogP) is 2.04. The Balaban J connectivity index is 1.72. The van der Waals surface area contributed by atoms with Crippen LogP contribution >= 0.6 is 0 Å². The standard InChI is InChI=1S/C14H14F3NO3/c15-14(16,17)21-10-3-1-2-8(4-10)13(20)18-6-9-5-12(19)11(9)7-18/h1-4,9,11-12,19H,5-7H2/t9-,11+,12+/m1/s1. The lowest BCUT2D eigenvalue weighted by Gasteiger charge is -2.34. The summed E-state index contributed by atoms with van der Waals surface area (Å²) in [5, 5.41) is 9.58. The Morgan fingerprint density at radius 3 is 2.71 bits per heavy atom. The molecule has 1 aliphatic carbocycles. The first-order valence-electron chi connectivity index (χ1n) is 6.66. The second-order valence-corrected chi connectivity index (χ2v) is 5.51. The van der Waals surface area contributed by atoms with Gasteiger partial charge in [-0.1, -0.05) is 6.07 Å². The second-order valence-electron chi connectivity index (χ2n) is 5.51. The van der Waals surface area contributed by atoms with Gasteiger partial charge in [-0.2, -0.15) is 0 Å². The van der Waals surface area contributed by atoms with Crippen LogP contribution in [0.1, 0.15) is 16.8 Å². The Morgan fingerprint density at radius 1 is 1.33 bits per heavy atom. The Hall–Kier alpha value is -1.76. The molecular weight excluding hydrogens is 287 g/mol. The molecule has 1 amide bonds. The van der Waals surface area contributed by atoms with Crippen LogP contribution in [-0.4, -0.2) is 41.5 Å². The van der Waals surface area contributed by atoms with Crippen LogP contribution in [0.25, 0.3) is 0 Å². The molecule has 3 rings (SSSR count). The van der Waals surface area contributed by atoms with E-state index in [1.165, 1.54) is 12.1 Å². The zero-order valence-corrected chi connectivity index (χ0v) is 11.0. The van der Waals surface area contributed by atoms with E-state index in [1.54, 1.807) is 4.90 Å². The third kappa shape index (κ3) is 2.83. The minimum absolute atomic E-state index is 0.101. The van der Waals surface area contributed by atoms with Gasteiger partial charge in [0.05, 0.1) is 6.10 Å². The number of fused-ring (bicyclic) bond motifs is 1. The SMILES string of the molecule is O=C(c1cccc(OC(F)(F)F)c1)N1C[C@H]2C[C@H](O)[C@H]2C1. The molecule has 21 heavy (non-hydrogen) atoms. The van der Waals surface area contributed by atoms with Crippen LogP contribution in [0.5, 0.6) is 5.75 Å². The zero-order chi connectivity index (χ0) is 15.2. The van der Waals surface area contributed by atoms with Crippen molar-refractivity contribution >= 4 is 5.91 Å². The average Bonchev–Trinajstić information content (AvgIpc) is 2.73. The van der Waals surface area contributed by atoms with Crippen LogP contribution < -0.4 is 4.74 Å². The highest BCUT2D eigenvalue weighted by Crippen LogP contribution is 2.41. The van der Waals surface area contributed by atoms with Gasteiger partial charge in [-0.25, -0.2) is 0 Å². The molecule has 1 aromatic carbocycles. The Morgan fingerprint density at radius 2 is 2.10 bits per heavy atom. The van der Waals surface area contributed by atoms with Gasteiger partial charge in [0.2, 0.25) is 0 Å². The summed E-state index contributed by atoms with van der Waals surface area (Å²) in [6.45, 7) is 1.000. The second kappa shape index (κ2) is 4.91. The fourth-order valence-electron chi connectivity index (χ4n) is 3.05. The Bertz CT molecular complexity index is 561. The first-order chi connectivity index (χ1) is 9.83. The lowest BCUT2D eigenvalue weighted by Crippen LogP contribution is -2.39. The van der Waals surface area contributed by atoms with E-state index in [4.69, 9.17) is 0 Å². The van der Waals surface area contributed by atoms with Gasteiger partial charge >= 0.3 is 6.36 Å². The highest BCUT2D eigenvalue weighted by Gasteiger charge is 2.47. The summed E-state index contributed by atoms with van der Waals surface area (Å²) < 4.78 is 40.4. The van der Waals surface area contributed by atoms with Gasteiger partial charge < -0.3 is 14.7 Å². The molecule has 2 fully saturated rings. The van der Waals surface area contributed by atoms with Crippen LogP contribution in [-0.2, 0) is 0 Å². The Kier molecular flexibility index (Phi) is 3.32. The van der Waals surface area contributed by atoms with Crippen molar-refractivity contribution in [3.8, 4) is 5.75 Å². The van der Waals surface area contributed by atoms with E-state index in [2.05, 4.69) is 4.74 Å². The minimum atomic E-state index is -4.78. The van der Waals surface area contributed by atoms with E-state index in [1.807, 2.05) is 0 Å². The summed E-state index contributed by atoms with van der Waals surface area (Å²) >= 11 is 0. The van der Waals surface area contributed by atoms with Gasteiger partial charge in [0.15, 0.2) is 0 Å². The van der Waals surface area contributed by atoms with Gasteiger partial charge in [-0.05, 0) is 30.5 Å². The van der Waals surface area contributed by atoms with Crippen molar-refractivity contribution in [1.29, 1.82) is 0 Å². The number of likely N-dealkylation sites (tertiary alicyclic amines) is 1. The number of halogens is 3. The number of ether oxygens (including phenoxy) is 1. The van der Waals surface area contributed by atoms with Crippen molar-refractivity contribution in [2.45, 2.75) is 18.9 Å². The van der Waals surface area contributed by atoms with Crippen molar-refractivity contribution < 1.29 is 27.8 Å². The molecule has 0 aromatic heterocycles. The zero-order valence-electron chi connectivity index (χ0n) is 11.0. The maximum atomic E-state index is 12.3. The molecule has 114 valence electrons. The average molecular weight is 301 g/mol. The summed E-state index contributed by atoms with van der Waals surface area (Å²) in [5.41, 5.74) is 0.160. The third-order valence-electron chi connectivity index (χ3n) is 4.13. The molecule has 1 saturated carbocycles. The van der Waals surface area contributed by atoms with E-state index in [0.717, 1.165) is 12.1 Å². The highest BCUT2D eigenvalue weighted by atomic mass is 19.4. The number of alkyl halides is 3. The smallest absolute Gasteiger partial charge is 0.406 e. The molecule has 1 N–H and O–H groups in total. The van der Waals surface area contributed by atoms with Crippen molar-refractivity contribution in [1.82, 2.24) is 4.90 Å². The number of aliphatic hydroxyl groups is 1. The lowest BCUT2D eigenvalue weighted by molar-refractivity contribution is -0.274. The summed E-state index contributed by atoms with van der Waals surface area (Å²) in [5.74, 6) is -0.332. The number of carbonyl (C=O) groups excluding carboxylic acids is 1. The van der Waals surface area contributed by atoms with Gasteiger partial charge in [-0.3, -0.25) is 4.79 Å². The maximum absolute atomic E-state index is 12.3. The van der Waals surface area contributed by atoms with Gasteiger partial charge in [0.25, 0.3) is 5.91 Å². The van der Waals surface area contributed by atoms with E-state index in [-0.39, 0.29) is 23.5 Å². The first kappa shape index (κ1) is 14.2. The molecule has 1 aliphatic heterocycles. The summed E-state index contributed by atoms with van der Waals surface area (Å²) in [4.78, 5) is 13.9. The molecule has 1 aromatic rings. The number of carbonyl (C=O) groups is 1. The summed E-state index contributed by atoms with van der Waals surface area (Å²) in [7, 11) is 0. The number of rotatable bonds is 2. The fraction of sp³-hybridized carbons (Fsp3) is 0.500. The summed E-state index contributed by atoms with van der Waals surface area (Å²) in [6, 6.07) is 5.06. The van der Waals surface area contributed by atoms with Gasteiger partial charge in [-0.15, -0.1) is 13.2 Å². The van der Waals surface area contributed by atoms with Crippen LogP contribution in [0.4, 0.5) is 13.2 Å². The monoisotopic (exact) mass is 301 g/mol. The first-order valence-corrected chi connectivity index (χ1v) is 6.66. The molecule has 4 nitrogen and oxygen atoms in total. The van der Waals surface area contributed by atoms with Crippen LogP contribution in [0, 0.1) is 11.8 Å². The van der Waals surface area contributed by atoms with Crippen LogP contribution in [0.3, 0.4) is 0 Å². The Labute approximate surface area is 119 Å². The number of aliphatic hydroxyl groups excluding tert-OH is 1. The lowest BCUT2D eigenvalue weighted by atomic mass is 9.74. The molecule has 2 aliphatic rings. The predicted molar refractivity (Wildman–Crippen MR) is 66.6 cm³/mol. The largest absolute Gasteiger partial charge is 0.573 e. The number of benzene rings is 1. The molecule has 1 heterocycles. The number of hydrogen-bond donors (Lipinski definition) is 1. The third-order valence-corrected chi connectivity index (χ3v) is 4.13. The molecule has 3 atom stereocenters. The molecule has 0 unspecified atom stereocenters. The fourth-order valence-corrected chi connectivity index (χ4v) is 3.05. The van der Waals surface area contributed by atoms with E-state index >= 15 is 0 Å². The molecule has 7 heteroatoms. The van der Waals surface area contributed by atoms with Gasteiger partial charge in [0, 0.05) is 24.6 Å². The molecule has 1 saturated heterocycles.